The molecule has 168 valence electrons. The zero-order valence-corrected chi connectivity index (χ0v) is 19.0. The van der Waals surface area contributed by atoms with Gasteiger partial charge in [-0.3, -0.25) is 4.79 Å². The van der Waals surface area contributed by atoms with Gasteiger partial charge in [-0.15, -0.1) is 0 Å². The summed E-state index contributed by atoms with van der Waals surface area (Å²) in [5, 5.41) is 3.31. The Balaban J connectivity index is 1.54. The summed E-state index contributed by atoms with van der Waals surface area (Å²) in [5.41, 5.74) is 2.79. The van der Waals surface area contributed by atoms with Crippen molar-refractivity contribution in [2.45, 2.75) is 57.9 Å². The highest BCUT2D eigenvalue weighted by Gasteiger charge is 2.25. The molecule has 6 nitrogen and oxygen atoms in total. The Morgan fingerprint density at radius 2 is 1.83 bits per heavy atom. The van der Waals surface area contributed by atoms with Crippen LogP contribution in [0.3, 0.4) is 0 Å². The van der Waals surface area contributed by atoms with E-state index in [1.54, 1.807) is 14.2 Å². The molecule has 6 heteroatoms. The molecule has 1 unspecified atom stereocenters. The fourth-order valence-corrected chi connectivity index (χ4v) is 4.81. The summed E-state index contributed by atoms with van der Waals surface area (Å²) < 4.78 is 11.0. The van der Waals surface area contributed by atoms with Crippen LogP contribution in [0.1, 0.15) is 50.2 Å². The first-order valence-corrected chi connectivity index (χ1v) is 11.6. The standard InChI is InChI=1S/C24H39N3O3/c1-4-12-26(13-5-6-14-27-15-11-25-10-9-24(27)28)21-8-7-19-17-22(29-2)23(30-3)18-20(19)16-21/h17-18,21,25H,4-16H2,1-3H3. The van der Waals surface area contributed by atoms with E-state index in [2.05, 4.69) is 29.3 Å². The summed E-state index contributed by atoms with van der Waals surface area (Å²) in [6, 6.07) is 4.91. The lowest BCUT2D eigenvalue weighted by Crippen LogP contribution is -2.41. The molecule has 0 bridgehead atoms. The number of carbonyl (C=O) groups is 1. The molecule has 30 heavy (non-hydrogen) atoms. The van der Waals surface area contributed by atoms with Gasteiger partial charge in [0.25, 0.3) is 0 Å². The van der Waals surface area contributed by atoms with Crippen molar-refractivity contribution in [1.82, 2.24) is 15.1 Å². The predicted octanol–water partition coefficient (Wildman–Crippen LogP) is 2.88. The summed E-state index contributed by atoms with van der Waals surface area (Å²) >= 11 is 0. The molecule has 3 rings (SSSR count). The van der Waals surface area contributed by atoms with Gasteiger partial charge >= 0.3 is 0 Å². The highest BCUT2D eigenvalue weighted by Crippen LogP contribution is 2.35. The van der Waals surface area contributed by atoms with Crippen molar-refractivity contribution in [1.29, 1.82) is 0 Å². The number of amides is 1. The summed E-state index contributed by atoms with van der Waals surface area (Å²) in [4.78, 5) is 16.9. The highest BCUT2D eigenvalue weighted by molar-refractivity contribution is 5.76. The number of hydrogen-bond acceptors (Lipinski definition) is 5. The van der Waals surface area contributed by atoms with Crippen LogP contribution in [-0.2, 0) is 17.6 Å². The number of aryl methyl sites for hydroxylation is 1. The van der Waals surface area contributed by atoms with Crippen molar-refractivity contribution in [3.63, 3.8) is 0 Å². The average Bonchev–Trinajstić information content (AvgIpc) is 2.98. The first-order chi connectivity index (χ1) is 14.7. The van der Waals surface area contributed by atoms with Crippen LogP contribution >= 0.6 is 0 Å². The Kier molecular flexibility index (Phi) is 8.82. The molecule has 1 N–H and O–H groups in total. The van der Waals surface area contributed by atoms with E-state index in [4.69, 9.17) is 9.47 Å². The van der Waals surface area contributed by atoms with Crippen LogP contribution in [0.4, 0.5) is 0 Å². The molecule has 1 aromatic rings. The van der Waals surface area contributed by atoms with Gasteiger partial charge in [-0.1, -0.05) is 6.92 Å². The van der Waals surface area contributed by atoms with Gasteiger partial charge in [0, 0.05) is 38.6 Å². The molecule has 2 aliphatic rings. The van der Waals surface area contributed by atoms with Gasteiger partial charge in [0.05, 0.1) is 14.2 Å². The number of ether oxygens (including phenoxy) is 2. The molecule has 0 spiro atoms. The third-order valence-electron chi connectivity index (χ3n) is 6.49. The number of rotatable bonds is 10. The first-order valence-electron chi connectivity index (χ1n) is 11.6. The number of fused-ring (bicyclic) bond motifs is 1. The molecule has 1 amide bonds. The quantitative estimate of drug-likeness (QED) is 0.594. The van der Waals surface area contributed by atoms with Crippen molar-refractivity contribution in [3.05, 3.63) is 23.3 Å². The second kappa shape index (κ2) is 11.6. The normalized spacial score (nSPS) is 19.5. The van der Waals surface area contributed by atoms with E-state index in [9.17, 15) is 4.79 Å². The second-order valence-electron chi connectivity index (χ2n) is 8.50. The van der Waals surface area contributed by atoms with Crippen molar-refractivity contribution in [2.24, 2.45) is 0 Å². The summed E-state index contributed by atoms with van der Waals surface area (Å²) in [7, 11) is 3.41. The van der Waals surface area contributed by atoms with Crippen molar-refractivity contribution < 1.29 is 14.3 Å². The van der Waals surface area contributed by atoms with Crippen molar-refractivity contribution >= 4 is 5.91 Å². The molecule has 1 heterocycles. The Bertz CT molecular complexity index is 695. The zero-order valence-electron chi connectivity index (χ0n) is 19.0. The van der Waals surface area contributed by atoms with E-state index in [0.29, 0.717) is 18.4 Å². The van der Waals surface area contributed by atoms with E-state index < -0.39 is 0 Å². The van der Waals surface area contributed by atoms with E-state index >= 15 is 0 Å². The molecular formula is C24H39N3O3. The van der Waals surface area contributed by atoms with Gasteiger partial charge in [-0.25, -0.2) is 0 Å². The Morgan fingerprint density at radius 3 is 2.57 bits per heavy atom. The SMILES string of the molecule is CCCN(CCCCN1CCNCCC1=O)C1CCc2cc(OC)c(OC)cc2C1. The minimum absolute atomic E-state index is 0.304. The van der Waals surface area contributed by atoms with Gasteiger partial charge in [-0.05, 0) is 74.9 Å². The maximum absolute atomic E-state index is 12.2. The first kappa shape index (κ1) is 22.9. The lowest BCUT2D eigenvalue weighted by Gasteiger charge is -2.35. The molecule has 1 aliphatic heterocycles. The van der Waals surface area contributed by atoms with Crippen LogP contribution in [0.2, 0.25) is 0 Å². The molecule has 0 aromatic heterocycles. The van der Waals surface area contributed by atoms with Gasteiger partial charge in [0.1, 0.15) is 0 Å². The average molecular weight is 418 g/mol. The van der Waals surface area contributed by atoms with Crippen LogP contribution in [0.25, 0.3) is 0 Å². The second-order valence-corrected chi connectivity index (χ2v) is 8.50. The molecule has 0 saturated carbocycles. The maximum atomic E-state index is 12.2. The van der Waals surface area contributed by atoms with E-state index in [-0.39, 0.29) is 0 Å². The summed E-state index contributed by atoms with van der Waals surface area (Å²) in [6.45, 7) is 8.00. The lowest BCUT2D eigenvalue weighted by molar-refractivity contribution is -0.130. The lowest BCUT2D eigenvalue weighted by atomic mass is 9.86. The molecular weight excluding hydrogens is 378 g/mol. The van der Waals surface area contributed by atoms with Gasteiger partial charge in [-0.2, -0.15) is 0 Å². The monoisotopic (exact) mass is 417 g/mol. The topological polar surface area (TPSA) is 54.0 Å². The minimum Gasteiger partial charge on any atom is -0.493 e. The molecule has 0 radical (unpaired) electrons. The number of carbonyl (C=O) groups excluding carboxylic acids is 1. The minimum atomic E-state index is 0.304. The van der Waals surface area contributed by atoms with Gasteiger partial charge < -0.3 is 24.6 Å². The molecule has 1 aliphatic carbocycles. The van der Waals surface area contributed by atoms with Crippen LogP contribution in [-0.4, -0.2) is 75.2 Å². The fourth-order valence-electron chi connectivity index (χ4n) is 4.81. The molecule has 1 fully saturated rings. The zero-order chi connectivity index (χ0) is 21.3. The van der Waals surface area contributed by atoms with Crippen molar-refractivity contribution in [2.75, 3.05) is 53.5 Å². The number of benzene rings is 1. The van der Waals surface area contributed by atoms with E-state index in [0.717, 1.165) is 76.5 Å². The van der Waals surface area contributed by atoms with Gasteiger partial charge in [0.2, 0.25) is 5.91 Å². The van der Waals surface area contributed by atoms with Crippen LogP contribution in [0.15, 0.2) is 12.1 Å². The Labute approximate surface area is 181 Å². The molecule has 1 atom stereocenters. The van der Waals surface area contributed by atoms with Crippen LogP contribution in [0, 0.1) is 0 Å². The van der Waals surface area contributed by atoms with Crippen LogP contribution in [0.5, 0.6) is 11.5 Å². The third-order valence-corrected chi connectivity index (χ3v) is 6.49. The maximum Gasteiger partial charge on any atom is 0.223 e. The fraction of sp³-hybridized carbons (Fsp3) is 0.708. The number of nitrogens with one attached hydrogen (secondary N) is 1. The number of unbranched alkanes of at least 4 members (excludes halogenated alkanes) is 1. The van der Waals surface area contributed by atoms with Crippen molar-refractivity contribution in [3.8, 4) is 11.5 Å². The van der Waals surface area contributed by atoms with E-state index in [1.165, 1.54) is 24.0 Å². The van der Waals surface area contributed by atoms with Crippen LogP contribution < -0.4 is 14.8 Å². The van der Waals surface area contributed by atoms with Gasteiger partial charge in [0.15, 0.2) is 11.5 Å². The Morgan fingerprint density at radius 1 is 1.07 bits per heavy atom. The number of methoxy groups -OCH3 is 2. The third kappa shape index (κ3) is 5.88. The predicted molar refractivity (Wildman–Crippen MR) is 121 cm³/mol. The molecule has 1 aromatic carbocycles. The Hall–Kier alpha value is -1.79. The largest absolute Gasteiger partial charge is 0.493 e. The van der Waals surface area contributed by atoms with E-state index in [1.807, 2.05) is 4.90 Å². The smallest absolute Gasteiger partial charge is 0.223 e. The number of nitrogens with zero attached hydrogens (tertiary/aromatic N) is 2. The highest BCUT2D eigenvalue weighted by atomic mass is 16.5. The summed E-state index contributed by atoms with van der Waals surface area (Å²) in [5.74, 6) is 1.97. The number of hydrogen-bond donors (Lipinski definition) is 1. The summed E-state index contributed by atoms with van der Waals surface area (Å²) in [6.07, 6.45) is 7.40. The molecule has 1 saturated heterocycles.